The van der Waals surface area contributed by atoms with Crippen LogP contribution in [0.5, 0.6) is 0 Å². The Morgan fingerprint density at radius 3 is 3.05 bits per heavy atom. The van der Waals surface area contributed by atoms with Crippen molar-refractivity contribution in [2.24, 2.45) is 5.92 Å². The van der Waals surface area contributed by atoms with Gasteiger partial charge in [0.05, 0.1) is 0 Å². The predicted octanol–water partition coefficient (Wildman–Crippen LogP) is 1.70. The number of nitrogens with one attached hydrogen (secondary N) is 2. The van der Waals surface area contributed by atoms with Gasteiger partial charge in [-0.05, 0) is 30.9 Å². The number of benzene rings is 1. The number of fused-ring (bicyclic) bond motifs is 3. The monoisotopic (exact) mass is 291 g/mol. The van der Waals surface area contributed by atoms with E-state index in [2.05, 4.69) is 21.5 Å². The number of rotatable bonds is 2. The molecule has 1 saturated carbocycles. The van der Waals surface area contributed by atoms with E-state index >= 15 is 0 Å². The Morgan fingerprint density at radius 2 is 2.32 bits per heavy atom. The zero-order valence-corrected chi connectivity index (χ0v) is 12.2. The van der Waals surface area contributed by atoms with Crippen LogP contribution in [-0.2, 0) is 0 Å². The maximum atomic E-state index is 12.5. The van der Waals surface area contributed by atoms with Crippen molar-refractivity contribution in [3.63, 3.8) is 0 Å². The lowest BCUT2D eigenvalue weighted by molar-refractivity contribution is 0.0920. The molecule has 0 spiro atoms. The van der Waals surface area contributed by atoms with Crippen LogP contribution < -0.4 is 10.6 Å². The number of hydrogen-bond acceptors (Lipinski definition) is 3. The number of piperidine rings is 1. The third-order valence-corrected chi connectivity index (χ3v) is 4.83. The van der Waals surface area contributed by atoms with Gasteiger partial charge in [-0.25, -0.2) is 0 Å². The summed E-state index contributed by atoms with van der Waals surface area (Å²) in [6, 6.07) is 8.36. The lowest BCUT2D eigenvalue weighted by atomic mass is 10.0. The van der Waals surface area contributed by atoms with E-state index in [1.807, 2.05) is 18.2 Å². The third kappa shape index (κ3) is 2.15. The van der Waals surface area contributed by atoms with E-state index < -0.39 is 0 Å². The normalized spacial score (nSPS) is 26.0. The van der Waals surface area contributed by atoms with Gasteiger partial charge in [-0.15, -0.1) is 6.42 Å². The Balaban J connectivity index is 1.61. The first-order valence-electron chi connectivity index (χ1n) is 7.64. The van der Waals surface area contributed by atoms with Gasteiger partial charge in [-0.1, -0.05) is 18.1 Å². The van der Waals surface area contributed by atoms with Crippen molar-refractivity contribution in [2.45, 2.75) is 24.9 Å². The van der Waals surface area contributed by atoms with E-state index in [9.17, 15) is 4.79 Å². The number of terminal acetylenes is 1. The number of aromatic nitrogens is 1. The fourth-order valence-electron chi connectivity index (χ4n) is 3.67. The predicted molar refractivity (Wildman–Crippen MR) is 85.4 cm³/mol. The highest BCUT2D eigenvalue weighted by molar-refractivity contribution is 5.98. The molecule has 1 amide bonds. The molecule has 4 nitrogen and oxygen atoms in total. The van der Waals surface area contributed by atoms with Crippen molar-refractivity contribution in [1.82, 2.24) is 15.6 Å². The summed E-state index contributed by atoms with van der Waals surface area (Å²) in [6.07, 6.45) is 9.43. The van der Waals surface area contributed by atoms with Gasteiger partial charge in [0.1, 0.15) is 5.69 Å². The van der Waals surface area contributed by atoms with Gasteiger partial charge in [-0.3, -0.25) is 9.78 Å². The topological polar surface area (TPSA) is 54.0 Å². The Morgan fingerprint density at radius 1 is 1.41 bits per heavy atom. The number of amides is 1. The number of nitrogens with zero attached hydrogens (tertiary/aromatic N) is 1. The van der Waals surface area contributed by atoms with Crippen molar-refractivity contribution in [3.05, 3.63) is 41.7 Å². The van der Waals surface area contributed by atoms with Gasteiger partial charge >= 0.3 is 0 Å². The lowest BCUT2D eigenvalue weighted by Crippen LogP contribution is -2.44. The quantitative estimate of drug-likeness (QED) is 0.828. The molecular weight excluding hydrogens is 274 g/mol. The number of carbonyl (C=O) groups excluding carboxylic acids is 1. The molecule has 1 aromatic heterocycles. The Labute approximate surface area is 129 Å². The molecule has 2 bridgehead atoms. The second-order valence-electron chi connectivity index (χ2n) is 6.16. The summed E-state index contributed by atoms with van der Waals surface area (Å²) in [6.45, 7) is 1.00. The van der Waals surface area contributed by atoms with E-state index in [0.717, 1.165) is 35.7 Å². The summed E-state index contributed by atoms with van der Waals surface area (Å²) >= 11 is 0. The molecule has 3 atom stereocenters. The maximum Gasteiger partial charge on any atom is 0.270 e. The van der Waals surface area contributed by atoms with Gasteiger partial charge in [0, 0.05) is 41.2 Å². The lowest BCUT2D eigenvalue weighted by Gasteiger charge is -2.23. The van der Waals surface area contributed by atoms with Crippen LogP contribution in [0.3, 0.4) is 0 Å². The first-order valence-corrected chi connectivity index (χ1v) is 7.64. The molecule has 3 unspecified atom stereocenters. The van der Waals surface area contributed by atoms with Gasteiger partial charge in [0.15, 0.2) is 0 Å². The Kier molecular flexibility index (Phi) is 3.09. The highest BCUT2D eigenvalue weighted by Gasteiger charge is 2.40. The molecule has 2 aromatic rings. The number of carbonyl (C=O) groups is 1. The van der Waals surface area contributed by atoms with Crippen molar-refractivity contribution in [3.8, 4) is 12.3 Å². The molecule has 4 rings (SSSR count). The highest BCUT2D eigenvalue weighted by Crippen LogP contribution is 2.31. The van der Waals surface area contributed by atoms with E-state index in [1.54, 1.807) is 12.3 Å². The first kappa shape index (κ1) is 13.3. The summed E-state index contributed by atoms with van der Waals surface area (Å²) in [5.74, 6) is 3.11. The molecule has 2 heterocycles. The van der Waals surface area contributed by atoms with Crippen molar-refractivity contribution < 1.29 is 4.79 Å². The fraction of sp³-hybridized carbons (Fsp3) is 0.333. The van der Waals surface area contributed by atoms with Crippen LogP contribution in [0.25, 0.3) is 10.8 Å². The van der Waals surface area contributed by atoms with Crippen molar-refractivity contribution in [1.29, 1.82) is 0 Å². The highest BCUT2D eigenvalue weighted by atomic mass is 16.1. The van der Waals surface area contributed by atoms with Gasteiger partial charge in [-0.2, -0.15) is 0 Å². The minimum atomic E-state index is -0.105. The van der Waals surface area contributed by atoms with Crippen LogP contribution in [-0.4, -0.2) is 29.5 Å². The molecule has 4 heteroatoms. The molecule has 0 radical (unpaired) electrons. The molecule has 22 heavy (non-hydrogen) atoms. The zero-order chi connectivity index (χ0) is 15.1. The minimum absolute atomic E-state index is 0.105. The van der Waals surface area contributed by atoms with Crippen LogP contribution in [0.2, 0.25) is 0 Å². The molecule has 2 fully saturated rings. The summed E-state index contributed by atoms with van der Waals surface area (Å²) in [5, 5.41) is 8.44. The summed E-state index contributed by atoms with van der Waals surface area (Å²) in [5.41, 5.74) is 1.23. The molecule has 1 saturated heterocycles. The smallest absolute Gasteiger partial charge is 0.270 e. The molecule has 110 valence electrons. The van der Waals surface area contributed by atoms with E-state index in [-0.39, 0.29) is 11.9 Å². The molecule has 2 N–H and O–H groups in total. The van der Waals surface area contributed by atoms with Gasteiger partial charge < -0.3 is 10.6 Å². The summed E-state index contributed by atoms with van der Waals surface area (Å²) in [4.78, 5) is 16.8. The molecular formula is C18H17N3O. The van der Waals surface area contributed by atoms with Gasteiger partial charge in [0.2, 0.25) is 0 Å². The second-order valence-corrected chi connectivity index (χ2v) is 6.16. The van der Waals surface area contributed by atoms with Crippen molar-refractivity contribution in [2.75, 3.05) is 6.54 Å². The van der Waals surface area contributed by atoms with Crippen LogP contribution in [0.4, 0.5) is 0 Å². The zero-order valence-electron chi connectivity index (χ0n) is 12.2. The Bertz CT molecular complexity index is 793. The van der Waals surface area contributed by atoms with Crippen LogP contribution in [0.1, 0.15) is 28.9 Å². The van der Waals surface area contributed by atoms with E-state index in [0.29, 0.717) is 17.7 Å². The van der Waals surface area contributed by atoms with Crippen LogP contribution in [0.15, 0.2) is 30.5 Å². The Hall–Kier alpha value is -2.38. The minimum Gasteiger partial charge on any atom is -0.348 e. The standard InChI is InChI=1S/C18H17N3O/c1-2-11-4-3-5-12-9-20-17(8-15(11)12)18(22)21-16-7-14-6-13(16)10-19-14/h1,3-5,8-9,13-14,16,19H,6-7,10H2,(H,21,22). The fourth-order valence-corrected chi connectivity index (χ4v) is 3.67. The average molecular weight is 291 g/mol. The van der Waals surface area contributed by atoms with Crippen molar-refractivity contribution >= 4 is 16.7 Å². The molecule has 1 aromatic carbocycles. The van der Waals surface area contributed by atoms with Crippen LogP contribution >= 0.6 is 0 Å². The SMILES string of the molecule is C#Cc1cccc2cnc(C(=O)NC3CC4CC3CN4)cc12. The van der Waals surface area contributed by atoms with E-state index in [4.69, 9.17) is 6.42 Å². The van der Waals surface area contributed by atoms with E-state index in [1.165, 1.54) is 0 Å². The summed E-state index contributed by atoms with van der Waals surface area (Å²) < 4.78 is 0. The average Bonchev–Trinajstić information content (AvgIpc) is 3.16. The second kappa shape index (κ2) is 5.11. The molecule has 1 aliphatic carbocycles. The number of pyridine rings is 1. The number of hydrogen-bond donors (Lipinski definition) is 2. The largest absolute Gasteiger partial charge is 0.348 e. The maximum absolute atomic E-state index is 12.5. The first-order chi connectivity index (χ1) is 10.7. The molecule has 1 aliphatic heterocycles. The third-order valence-electron chi connectivity index (χ3n) is 4.83. The molecule has 2 aliphatic rings. The van der Waals surface area contributed by atoms with Gasteiger partial charge in [0.25, 0.3) is 5.91 Å². The van der Waals surface area contributed by atoms with Crippen LogP contribution in [0, 0.1) is 18.3 Å². The summed E-state index contributed by atoms with van der Waals surface area (Å²) in [7, 11) is 0.